The Balaban J connectivity index is 1.56. The van der Waals surface area contributed by atoms with E-state index in [1.165, 1.54) is 24.3 Å². The topological polar surface area (TPSA) is 122 Å². The number of benzene rings is 2. The SMILES string of the molecule is NS(=O)(=O)c1ccc(N2C(=O)C[C@H](C(=O)NCCN3CCOCC3)[C@H]2c2ccc(Cl)cc2)cc1. The molecule has 0 unspecified atom stereocenters. The molecule has 2 aliphatic heterocycles. The van der Waals surface area contributed by atoms with Crippen LogP contribution in [0.25, 0.3) is 0 Å². The van der Waals surface area contributed by atoms with Crippen LogP contribution in [0.3, 0.4) is 0 Å². The van der Waals surface area contributed by atoms with Gasteiger partial charge >= 0.3 is 0 Å². The molecule has 11 heteroatoms. The molecule has 2 amide bonds. The van der Waals surface area contributed by atoms with Crippen LogP contribution < -0.4 is 15.4 Å². The van der Waals surface area contributed by atoms with E-state index < -0.39 is 22.0 Å². The van der Waals surface area contributed by atoms with Crippen molar-refractivity contribution in [2.75, 3.05) is 44.3 Å². The number of hydrogen-bond donors (Lipinski definition) is 2. The molecule has 2 saturated heterocycles. The Kier molecular flexibility index (Phi) is 7.54. The maximum Gasteiger partial charge on any atom is 0.238 e. The second kappa shape index (κ2) is 10.4. The molecular weight excluding hydrogens is 480 g/mol. The third kappa shape index (κ3) is 5.59. The van der Waals surface area contributed by atoms with E-state index in [0.29, 0.717) is 37.0 Å². The van der Waals surface area contributed by atoms with Crippen molar-refractivity contribution in [3.63, 3.8) is 0 Å². The number of hydrogen-bond acceptors (Lipinski definition) is 6. The molecule has 2 aromatic rings. The molecule has 0 saturated carbocycles. The molecule has 0 spiro atoms. The highest BCUT2D eigenvalue weighted by atomic mass is 35.5. The molecule has 4 rings (SSSR count). The number of amides is 2. The zero-order chi connectivity index (χ0) is 24.3. The van der Waals surface area contributed by atoms with Crippen molar-refractivity contribution in [3.8, 4) is 0 Å². The first-order valence-electron chi connectivity index (χ1n) is 11.0. The number of nitrogens with two attached hydrogens (primary N) is 1. The smallest absolute Gasteiger partial charge is 0.238 e. The molecule has 2 aromatic carbocycles. The summed E-state index contributed by atoms with van der Waals surface area (Å²) in [5, 5.41) is 8.73. The third-order valence-corrected chi connectivity index (χ3v) is 7.33. The van der Waals surface area contributed by atoms with Crippen LogP contribution in [0.4, 0.5) is 5.69 Å². The number of morpholine rings is 1. The largest absolute Gasteiger partial charge is 0.379 e. The fourth-order valence-electron chi connectivity index (χ4n) is 4.40. The van der Waals surface area contributed by atoms with Crippen LogP contribution in [-0.2, 0) is 24.3 Å². The van der Waals surface area contributed by atoms with Crippen LogP contribution in [-0.4, -0.2) is 64.5 Å². The normalized spacial score (nSPS) is 21.6. The number of ether oxygens (including phenoxy) is 1. The minimum Gasteiger partial charge on any atom is -0.379 e. The van der Waals surface area contributed by atoms with Crippen LogP contribution in [0.1, 0.15) is 18.0 Å². The van der Waals surface area contributed by atoms with Gasteiger partial charge in [0, 0.05) is 43.3 Å². The Labute approximate surface area is 203 Å². The molecule has 0 aliphatic carbocycles. The van der Waals surface area contributed by atoms with E-state index in [1.807, 2.05) is 0 Å². The van der Waals surface area contributed by atoms with Gasteiger partial charge in [-0.15, -0.1) is 0 Å². The second-order valence-corrected chi connectivity index (χ2v) is 10.4. The van der Waals surface area contributed by atoms with Gasteiger partial charge in [0.2, 0.25) is 21.8 Å². The average molecular weight is 507 g/mol. The molecule has 2 aliphatic rings. The lowest BCUT2D eigenvalue weighted by Crippen LogP contribution is -2.43. The van der Waals surface area contributed by atoms with Gasteiger partial charge in [0.25, 0.3) is 0 Å². The van der Waals surface area contributed by atoms with Gasteiger partial charge in [0.15, 0.2) is 0 Å². The molecule has 0 radical (unpaired) electrons. The molecule has 2 heterocycles. The van der Waals surface area contributed by atoms with E-state index in [9.17, 15) is 18.0 Å². The predicted molar refractivity (Wildman–Crippen MR) is 128 cm³/mol. The molecule has 2 fully saturated rings. The van der Waals surface area contributed by atoms with E-state index in [-0.39, 0.29) is 23.1 Å². The number of anilines is 1. The molecule has 3 N–H and O–H groups in total. The summed E-state index contributed by atoms with van der Waals surface area (Å²) in [6.07, 6.45) is 0.0353. The van der Waals surface area contributed by atoms with Crippen molar-refractivity contribution in [3.05, 3.63) is 59.1 Å². The maximum absolute atomic E-state index is 13.2. The van der Waals surface area contributed by atoms with Gasteiger partial charge in [-0.25, -0.2) is 13.6 Å². The lowest BCUT2D eigenvalue weighted by molar-refractivity contribution is -0.126. The van der Waals surface area contributed by atoms with Crippen LogP contribution in [0.5, 0.6) is 0 Å². The molecule has 182 valence electrons. The highest BCUT2D eigenvalue weighted by Crippen LogP contribution is 2.42. The maximum atomic E-state index is 13.2. The van der Waals surface area contributed by atoms with Crippen molar-refractivity contribution < 1.29 is 22.7 Å². The van der Waals surface area contributed by atoms with E-state index in [4.69, 9.17) is 21.5 Å². The molecule has 9 nitrogen and oxygen atoms in total. The Hall–Kier alpha value is -2.50. The van der Waals surface area contributed by atoms with Crippen molar-refractivity contribution in [1.29, 1.82) is 0 Å². The number of nitrogens with zero attached hydrogens (tertiary/aromatic N) is 2. The lowest BCUT2D eigenvalue weighted by Gasteiger charge is -2.29. The Bertz CT molecular complexity index is 1130. The predicted octanol–water partition coefficient (Wildman–Crippen LogP) is 1.53. The van der Waals surface area contributed by atoms with E-state index in [1.54, 1.807) is 29.2 Å². The highest BCUT2D eigenvalue weighted by molar-refractivity contribution is 7.89. The number of rotatable bonds is 7. The summed E-state index contributed by atoms with van der Waals surface area (Å²) in [5.41, 5.74) is 1.25. The highest BCUT2D eigenvalue weighted by Gasteiger charge is 2.45. The molecule has 34 heavy (non-hydrogen) atoms. The van der Waals surface area contributed by atoms with Gasteiger partial charge in [-0.05, 0) is 42.0 Å². The van der Waals surface area contributed by atoms with Crippen LogP contribution in [0.15, 0.2) is 53.4 Å². The first kappa shape index (κ1) is 24.6. The summed E-state index contributed by atoms with van der Waals surface area (Å²) in [5.74, 6) is -1.04. The van der Waals surface area contributed by atoms with Crippen LogP contribution in [0, 0.1) is 5.92 Å². The summed E-state index contributed by atoms with van der Waals surface area (Å²) in [6.45, 7) is 4.20. The van der Waals surface area contributed by atoms with E-state index >= 15 is 0 Å². The Morgan fingerprint density at radius 2 is 1.74 bits per heavy atom. The summed E-state index contributed by atoms with van der Waals surface area (Å²) < 4.78 is 28.6. The zero-order valence-corrected chi connectivity index (χ0v) is 20.1. The minimum atomic E-state index is -3.87. The van der Waals surface area contributed by atoms with Crippen molar-refractivity contribution in [1.82, 2.24) is 10.2 Å². The van der Waals surface area contributed by atoms with Crippen molar-refractivity contribution >= 4 is 39.1 Å². The van der Waals surface area contributed by atoms with Gasteiger partial charge in [0.05, 0.1) is 30.1 Å². The fraction of sp³-hybridized carbons (Fsp3) is 0.391. The molecule has 0 bridgehead atoms. The van der Waals surface area contributed by atoms with Gasteiger partial charge in [-0.2, -0.15) is 0 Å². The fourth-order valence-corrected chi connectivity index (χ4v) is 5.05. The number of nitrogens with one attached hydrogen (secondary N) is 1. The third-order valence-electron chi connectivity index (χ3n) is 6.15. The number of carbonyl (C=O) groups is 2. The lowest BCUT2D eigenvalue weighted by atomic mass is 9.92. The Morgan fingerprint density at radius 1 is 1.09 bits per heavy atom. The monoisotopic (exact) mass is 506 g/mol. The summed E-state index contributed by atoms with van der Waals surface area (Å²) in [7, 11) is -3.87. The number of sulfonamides is 1. The van der Waals surface area contributed by atoms with Gasteiger partial charge < -0.3 is 15.0 Å². The molecule has 2 atom stereocenters. The minimum absolute atomic E-state index is 0.0353. The molecular formula is C23H27ClN4O5S. The van der Waals surface area contributed by atoms with Crippen LogP contribution >= 0.6 is 11.6 Å². The quantitative estimate of drug-likeness (QED) is 0.587. The first-order valence-corrected chi connectivity index (χ1v) is 12.9. The zero-order valence-electron chi connectivity index (χ0n) is 18.5. The van der Waals surface area contributed by atoms with Gasteiger partial charge in [0.1, 0.15) is 0 Å². The van der Waals surface area contributed by atoms with E-state index in [2.05, 4.69) is 10.2 Å². The summed E-state index contributed by atoms with van der Waals surface area (Å²) in [4.78, 5) is 30.0. The standard InChI is InChI=1S/C23H27ClN4O5S/c24-17-3-1-16(2-4-17)22-20(23(30)26-9-10-27-11-13-33-14-12-27)15-21(29)28(22)18-5-7-19(8-6-18)34(25,31)32/h1-8,20,22H,9-15H2,(H,26,30)(H2,25,31,32)/t20-,22+/m0/s1. The summed E-state index contributed by atoms with van der Waals surface area (Å²) in [6, 6.07) is 12.2. The number of primary sulfonamides is 1. The van der Waals surface area contributed by atoms with Gasteiger partial charge in [-0.1, -0.05) is 23.7 Å². The van der Waals surface area contributed by atoms with Crippen molar-refractivity contribution in [2.45, 2.75) is 17.4 Å². The van der Waals surface area contributed by atoms with Gasteiger partial charge in [-0.3, -0.25) is 14.5 Å². The summed E-state index contributed by atoms with van der Waals surface area (Å²) >= 11 is 6.06. The van der Waals surface area contributed by atoms with Crippen molar-refractivity contribution in [2.24, 2.45) is 11.1 Å². The van der Waals surface area contributed by atoms with Crippen LogP contribution in [0.2, 0.25) is 5.02 Å². The number of carbonyl (C=O) groups excluding carboxylic acids is 2. The second-order valence-electron chi connectivity index (χ2n) is 8.35. The average Bonchev–Trinajstić information content (AvgIpc) is 3.17. The van der Waals surface area contributed by atoms with E-state index in [0.717, 1.165) is 18.7 Å². The Morgan fingerprint density at radius 3 is 2.35 bits per heavy atom. The first-order chi connectivity index (χ1) is 16.2. The molecule has 0 aromatic heterocycles. The number of halogens is 1.